The maximum atomic E-state index is 12.6. The zero-order valence-electron chi connectivity index (χ0n) is 12.2. The number of hydrogen-bond acceptors (Lipinski definition) is 5. The molecule has 2 heterocycles. The number of rotatable bonds is 4. The molecule has 3 atom stereocenters. The van der Waals surface area contributed by atoms with Crippen LogP contribution < -0.4 is 5.32 Å². The van der Waals surface area contributed by atoms with Crippen molar-refractivity contribution in [3.8, 4) is 0 Å². The van der Waals surface area contributed by atoms with E-state index in [0.29, 0.717) is 19.8 Å². The van der Waals surface area contributed by atoms with Crippen LogP contribution in [0.3, 0.4) is 0 Å². The van der Waals surface area contributed by atoms with Crippen molar-refractivity contribution < 1.29 is 17.9 Å². The van der Waals surface area contributed by atoms with Crippen LogP contribution in [0, 0.1) is 5.92 Å². The minimum atomic E-state index is -2.99. The van der Waals surface area contributed by atoms with Gasteiger partial charge in [-0.15, -0.1) is 0 Å². The number of carbonyl (C=O) groups is 1. The molecule has 0 aromatic rings. The fourth-order valence-corrected chi connectivity index (χ4v) is 4.42. The first-order chi connectivity index (χ1) is 9.44. The van der Waals surface area contributed by atoms with E-state index in [9.17, 15) is 13.2 Å². The SMILES string of the molecule is CCCNC1COCC1C(=O)N1CCS(=O)(=O)CC1C. The summed E-state index contributed by atoms with van der Waals surface area (Å²) in [4.78, 5) is 14.3. The van der Waals surface area contributed by atoms with Crippen molar-refractivity contribution in [1.82, 2.24) is 10.2 Å². The van der Waals surface area contributed by atoms with Crippen LogP contribution in [0.4, 0.5) is 0 Å². The van der Waals surface area contributed by atoms with Gasteiger partial charge in [-0.2, -0.15) is 0 Å². The molecule has 0 aromatic heterocycles. The second-order valence-corrected chi connectivity index (χ2v) is 7.93. The van der Waals surface area contributed by atoms with Gasteiger partial charge in [0.05, 0.1) is 30.6 Å². The summed E-state index contributed by atoms with van der Waals surface area (Å²) in [7, 11) is -2.99. The fraction of sp³-hybridized carbons (Fsp3) is 0.923. The molecule has 1 N–H and O–H groups in total. The molecule has 6 nitrogen and oxygen atoms in total. The highest BCUT2D eigenvalue weighted by atomic mass is 32.2. The summed E-state index contributed by atoms with van der Waals surface area (Å²) in [6.45, 7) is 6.03. The maximum Gasteiger partial charge on any atom is 0.229 e. The Labute approximate surface area is 120 Å². The molecule has 20 heavy (non-hydrogen) atoms. The Morgan fingerprint density at radius 3 is 2.80 bits per heavy atom. The summed E-state index contributed by atoms with van der Waals surface area (Å²) in [5.41, 5.74) is 0. The average molecular weight is 304 g/mol. The largest absolute Gasteiger partial charge is 0.379 e. The third-order valence-corrected chi connectivity index (χ3v) is 5.80. The molecule has 2 fully saturated rings. The third-order valence-electron chi connectivity index (χ3n) is 4.01. The van der Waals surface area contributed by atoms with E-state index in [1.165, 1.54) is 0 Å². The Bertz CT molecular complexity index is 451. The van der Waals surface area contributed by atoms with Gasteiger partial charge in [-0.3, -0.25) is 4.79 Å². The Morgan fingerprint density at radius 2 is 2.15 bits per heavy atom. The quantitative estimate of drug-likeness (QED) is 0.768. The zero-order valence-corrected chi connectivity index (χ0v) is 13.0. The summed E-state index contributed by atoms with van der Waals surface area (Å²) in [5, 5.41) is 3.34. The number of nitrogens with zero attached hydrogens (tertiary/aromatic N) is 1. The van der Waals surface area contributed by atoms with Crippen molar-refractivity contribution in [3.05, 3.63) is 0 Å². The number of carbonyl (C=O) groups excluding carboxylic acids is 1. The lowest BCUT2D eigenvalue weighted by atomic mass is 10.0. The molecule has 7 heteroatoms. The predicted octanol–water partition coefficient (Wildman–Crippen LogP) is -0.353. The minimum absolute atomic E-state index is 0.0264. The van der Waals surface area contributed by atoms with Crippen LogP contribution in [-0.2, 0) is 19.4 Å². The Hall–Kier alpha value is -0.660. The van der Waals surface area contributed by atoms with Crippen LogP contribution in [0.1, 0.15) is 20.3 Å². The molecule has 0 spiro atoms. The number of amides is 1. The molecule has 2 saturated heterocycles. The van der Waals surface area contributed by atoms with Crippen molar-refractivity contribution in [2.45, 2.75) is 32.4 Å². The molecule has 2 aliphatic rings. The molecule has 0 saturated carbocycles. The Kier molecular flexibility index (Phi) is 5.04. The van der Waals surface area contributed by atoms with Crippen LogP contribution in [0.15, 0.2) is 0 Å². The lowest BCUT2D eigenvalue weighted by Gasteiger charge is -2.35. The van der Waals surface area contributed by atoms with Gasteiger partial charge < -0.3 is 15.0 Å². The topological polar surface area (TPSA) is 75.7 Å². The molecular weight excluding hydrogens is 280 g/mol. The van der Waals surface area contributed by atoms with Gasteiger partial charge in [0.2, 0.25) is 5.91 Å². The zero-order chi connectivity index (χ0) is 14.8. The van der Waals surface area contributed by atoms with Crippen LogP contribution >= 0.6 is 0 Å². The summed E-state index contributed by atoms with van der Waals surface area (Å²) >= 11 is 0. The summed E-state index contributed by atoms with van der Waals surface area (Å²) in [5.74, 6) is -0.0217. The van der Waals surface area contributed by atoms with Crippen molar-refractivity contribution >= 4 is 15.7 Å². The first-order valence-corrected chi connectivity index (χ1v) is 9.08. The summed E-state index contributed by atoms with van der Waals surface area (Å²) < 4.78 is 28.6. The molecular formula is C13H24N2O4S. The van der Waals surface area contributed by atoms with Crippen LogP contribution in [0.5, 0.6) is 0 Å². The molecule has 3 unspecified atom stereocenters. The van der Waals surface area contributed by atoms with Gasteiger partial charge in [-0.05, 0) is 19.9 Å². The van der Waals surface area contributed by atoms with Crippen molar-refractivity contribution in [2.75, 3.05) is 37.8 Å². The predicted molar refractivity (Wildman–Crippen MR) is 76.2 cm³/mol. The van der Waals surface area contributed by atoms with Crippen LogP contribution in [-0.4, -0.2) is 69.1 Å². The molecule has 1 amide bonds. The second-order valence-electron chi connectivity index (χ2n) is 5.70. The van der Waals surface area contributed by atoms with E-state index in [1.54, 1.807) is 11.8 Å². The normalized spacial score (nSPS) is 33.3. The van der Waals surface area contributed by atoms with Gasteiger partial charge in [0.25, 0.3) is 0 Å². The maximum absolute atomic E-state index is 12.6. The number of hydrogen-bond donors (Lipinski definition) is 1. The van der Waals surface area contributed by atoms with E-state index >= 15 is 0 Å². The van der Waals surface area contributed by atoms with Crippen molar-refractivity contribution in [1.29, 1.82) is 0 Å². The van der Waals surface area contributed by atoms with Crippen molar-refractivity contribution in [2.24, 2.45) is 5.92 Å². The molecule has 0 bridgehead atoms. The van der Waals surface area contributed by atoms with Gasteiger partial charge >= 0.3 is 0 Å². The number of ether oxygens (including phenoxy) is 1. The Morgan fingerprint density at radius 1 is 1.40 bits per heavy atom. The highest BCUT2D eigenvalue weighted by molar-refractivity contribution is 7.91. The van der Waals surface area contributed by atoms with Gasteiger partial charge in [0.15, 0.2) is 9.84 Å². The van der Waals surface area contributed by atoms with E-state index < -0.39 is 9.84 Å². The second kappa shape index (κ2) is 6.41. The van der Waals surface area contributed by atoms with Gasteiger partial charge in [0, 0.05) is 18.6 Å². The van der Waals surface area contributed by atoms with Gasteiger partial charge in [0.1, 0.15) is 0 Å². The molecule has 0 radical (unpaired) electrons. The number of sulfone groups is 1. The molecule has 2 aliphatic heterocycles. The molecule has 0 aliphatic carbocycles. The van der Waals surface area contributed by atoms with E-state index in [-0.39, 0.29) is 35.4 Å². The first kappa shape index (κ1) is 15.7. The van der Waals surface area contributed by atoms with E-state index in [0.717, 1.165) is 13.0 Å². The van der Waals surface area contributed by atoms with Crippen LogP contribution in [0.25, 0.3) is 0 Å². The smallest absolute Gasteiger partial charge is 0.229 e. The van der Waals surface area contributed by atoms with Gasteiger partial charge in [-0.25, -0.2) is 8.42 Å². The van der Waals surface area contributed by atoms with E-state index in [4.69, 9.17) is 4.74 Å². The fourth-order valence-electron chi connectivity index (χ4n) is 2.87. The van der Waals surface area contributed by atoms with E-state index in [1.807, 2.05) is 0 Å². The van der Waals surface area contributed by atoms with Gasteiger partial charge in [-0.1, -0.05) is 6.92 Å². The minimum Gasteiger partial charge on any atom is -0.379 e. The van der Waals surface area contributed by atoms with Crippen molar-refractivity contribution in [3.63, 3.8) is 0 Å². The number of nitrogens with one attached hydrogen (secondary N) is 1. The highest BCUT2D eigenvalue weighted by Crippen LogP contribution is 2.21. The molecule has 116 valence electrons. The standard InChI is InChI=1S/C13H24N2O4S/c1-3-4-14-12-8-19-7-11(12)13(16)15-5-6-20(17,18)9-10(15)2/h10-12,14H,3-9H2,1-2H3. The molecule has 2 rings (SSSR count). The lowest BCUT2D eigenvalue weighted by Crippen LogP contribution is -2.54. The molecule has 0 aromatic carbocycles. The first-order valence-electron chi connectivity index (χ1n) is 7.26. The third kappa shape index (κ3) is 3.51. The summed E-state index contributed by atoms with van der Waals surface area (Å²) in [6, 6.07) is -0.193. The summed E-state index contributed by atoms with van der Waals surface area (Å²) in [6.07, 6.45) is 1.01. The average Bonchev–Trinajstić information content (AvgIpc) is 2.82. The highest BCUT2D eigenvalue weighted by Gasteiger charge is 2.40. The monoisotopic (exact) mass is 304 g/mol. The Balaban J connectivity index is 2.00. The van der Waals surface area contributed by atoms with E-state index in [2.05, 4.69) is 12.2 Å². The van der Waals surface area contributed by atoms with Crippen LogP contribution in [0.2, 0.25) is 0 Å². The lowest BCUT2D eigenvalue weighted by molar-refractivity contribution is -0.137.